The van der Waals surface area contributed by atoms with Crippen molar-refractivity contribution < 1.29 is 0 Å². The Labute approximate surface area is 190 Å². The molecule has 0 aromatic rings. The topological polar surface area (TPSA) is 0 Å². The first-order valence-electron chi connectivity index (χ1n) is 14.4. The maximum Gasteiger partial charge on any atom is -0.0295 e. The molecular weight excluding hydrogens is 360 g/mol. The second-order valence-electron chi connectivity index (χ2n) is 12.8. The quantitative estimate of drug-likeness (QED) is 0.350. The van der Waals surface area contributed by atoms with Gasteiger partial charge in [-0.1, -0.05) is 86.5 Å². The summed E-state index contributed by atoms with van der Waals surface area (Å²) in [5, 5.41) is 0. The Morgan fingerprint density at radius 2 is 1.37 bits per heavy atom. The number of hydrogen-bond acceptors (Lipinski definition) is 0. The van der Waals surface area contributed by atoms with Crippen LogP contribution in [0.1, 0.15) is 138 Å². The van der Waals surface area contributed by atoms with E-state index >= 15 is 0 Å². The van der Waals surface area contributed by atoms with E-state index in [1.54, 1.807) is 38.5 Å². The molecule has 0 aliphatic heterocycles. The zero-order valence-electron chi connectivity index (χ0n) is 21.7. The minimum atomic E-state index is 0.595. The highest BCUT2D eigenvalue weighted by molar-refractivity contribution is 5.00. The molecule has 0 aromatic heterocycles. The van der Waals surface area contributed by atoms with Crippen molar-refractivity contribution in [2.75, 3.05) is 0 Å². The molecule has 3 rings (SSSR count). The third-order valence-electron chi connectivity index (χ3n) is 10.9. The van der Waals surface area contributed by atoms with Gasteiger partial charge in [0.25, 0.3) is 0 Å². The Morgan fingerprint density at radius 3 is 1.97 bits per heavy atom. The molecule has 0 aromatic carbocycles. The van der Waals surface area contributed by atoms with Gasteiger partial charge in [-0.2, -0.15) is 0 Å². The molecule has 3 aliphatic rings. The van der Waals surface area contributed by atoms with E-state index in [2.05, 4.69) is 41.5 Å². The normalized spacial score (nSPS) is 39.0. The Kier molecular flexibility index (Phi) is 9.22. The number of hydrogen-bond donors (Lipinski definition) is 0. The summed E-state index contributed by atoms with van der Waals surface area (Å²) < 4.78 is 0. The first-order valence-corrected chi connectivity index (χ1v) is 14.4. The third kappa shape index (κ3) is 5.67. The molecule has 0 saturated heterocycles. The lowest BCUT2D eigenvalue weighted by Crippen LogP contribution is -2.50. The van der Waals surface area contributed by atoms with Gasteiger partial charge in [0.05, 0.1) is 0 Å². The summed E-state index contributed by atoms with van der Waals surface area (Å²) in [5.41, 5.74) is 0.595. The molecule has 7 unspecified atom stereocenters. The van der Waals surface area contributed by atoms with Crippen LogP contribution in [0.3, 0.4) is 0 Å². The fourth-order valence-electron chi connectivity index (χ4n) is 8.38. The van der Waals surface area contributed by atoms with E-state index in [1.165, 1.54) is 57.8 Å². The second kappa shape index (κ2) is 11.2. The van der Waals surface area contributed by atoms with Crippen LogP contribution in [-0.4, -0.2) is 0 Å². The molecule has 0 amide bonds. The molecule has 0 heterocycles. The molecule has 176 valence electrons. The monoisotopic (exact) mass is 416 g/mol. The second-order valence-corrected chi connectivity index (χ2v) is 12.8. The lowest BCUT2D eigenvalue weighted by molar-refractivity contribution is -0.0818. The first-order chi connectivity index (χ1) is 14.4. The highest BCUT2D eigenvalue weighted by Gasteiger charge is 2.51. The lowest BCUT2D eigenvalue weighted by atomic mass is 9.48. The maximum absolute atomic E-state index is 2.70. The Hall–Kier alpha value is 0. The maximum atomic E-state index is 2.70. The predicted molar refractivity (Wildman–Crippen MR) is 134 cm³/mol. The van der Waals surface area contributed by atoms with Crippen molar-refractivity contribution in [1.29, 1.82) is 0 Å². The van der Waals surface area contributed by atoms with Gasteiger partial charge in [-0.25, -0.2) is 0 Å². The van der Waals surface area contributed by atoms with Crippen molar-refractivity contribution in [3.63, 3.8) is 0 Å². The van der Waals surface area contributed by atoms with E-state index < -0.39 is 0 Å². The van der Waals surface area contributed by atoms with E-state index in [0.717, 1.165) is 47.3 Å². The van der Waals surface area contributed by atoms with Gasteiger partial charge in [-0.15, -0.1) is 0 Å². The number of fused-ring (bicyclic) bond motifs is 1. The highest BCUT2D eigenvalue weighted by Crippen LogP contribution is 2.59. The molecule has 0 heteroatoms. The molecule has 3 aliphatic carbocycles. The van der Waals surface area contributed by atoms with Crippen molar-refractivity contribution >= 4 is 0 Å². The zero-order valence-corrected chi connectivity index (χ0v) is 21.7. The fourth-order valence-corrected chi connectivity index (χ4v) is 8.38. The molecule has 3 fully saturated rings. The molecular formula is C30H56. The molecule has 0 spiro atoms. The van der Waals surface area contributed by atoms with Crippen LogP contribution in [0.25, 0.3) is 0 Å². The standard InChI is InChI=1S/C30H56/c1-7-22(3)19-20-30(6,21-23(4)8-2)26-17-15-25(16-18-26)29-24(5)27-13-11-9-10-12-14-28(27)29/h22-29H,7-21H2,1-6H3. The van der Waals surface area contributed by atoms with Crippen LogP contribution < -0.4 is 0 Å². The molecule has 0 nitrogen and oxygen atoms in total. The van der Waals surface area contributed by atoms with Crippen molar-refractivity contribution in [1.82, 2.24) is 0 Å². The van der Waals surface area contributed by atoms with Gasteiger partial charge in [0.2, 0.25) is 0 Å². The molecule has 3 saturated carbocycles. The predicted octanol–water partition coefficient (Wildman–Crippen LogP) is 9.91. The lowest BCUT2D eigenvalue weighted by Gasteiger charge is -2.57. The number of rotatable bonds is 9. The van der Waals surface area contributed by atoms with Gasteiger partial charge in [0.1, 0.15) is 0 Å². The van der Waals surface area contributed by atoms with Crippen molar-refractivity contribution in [2.45, 2.75) is 138 Å². The summed E-state index contributed by atoms with van der Waals surface area (Å²) in [7, 11) is 0. The SMILES string of the molecule is CCC(C)CCC(C)(CC(C)CC)C1CCC(C2C(C)C3CCCCCCC32)CC1. The average Bonchev–Trinajstić information content (AvgIpc) is 2.74. The average molecular weight is 417 g/mol. The van der Waals surface area contributed by atoms with Gasteiger partial charge >= 0.3 is 0 Å². The van der Waals surface area contributed by atoms with Gasteiger partial charge in [-0.3, -0.25) is 0 Å². The Balaban J connectivity index is 1.58. The zero-order chi connectivity index (χ0) is 21.7. The summed E-state index contributed by atoms with van der Waals surface area (Å²) in [6.45, 7) is 15.1. The van der Waals surface area contributed by atoms with Gasteiger partial charge in [-0.05, 0) is 104 Å². The van der Waals surface area contributed by atoms with Crippen LogP contribution in [0.5, 0.6) is 0 Å². The molecule has 7 atom stereocenters. The Morgan fingerprint density at radius 1 is 0.767 bits per heavy atom. The van der Waals surface area contributed by atoms with Crippen molar-refractivity contribution in [3.05, 3.63) is 0 Å². The summed E-state index contributed by atoms with van der Waals surface area (Å²) in [4.78, 5) is 0. The Bertz CT molecular complexity index is 486. The van der Waals surface area contributed by atoms with Crippen LogP contribution >= 0.6 is 0 Å². The van der Waals surface area contributed by atoms with E-state index in [1.807, 2.05) is 0 Å². The minimum Gasteiger partial charge on any atom is -0.0651 e. The van der Waals surface area contributed by atoms with E-state index in [4.69, 9.17) is 0 Å². The van der Waals surface area contributed by atoms with E-state index in [9.17, 15) is 0 Å². The van der Waals surface area contributed by atoms with Gasteiger partial charge < -0.3 is 0 Å². The summed E-state index contributed by atoms with van der Waals surface area (Å²) in [6.07, 6.45) is 22.5. The largest absolute Gasteiger partial charge is 0.0651 e. The van der Waals surface area contributed by atoms with Crippen LogP contribution in [0.4, 0.5) is 0 Å². The van der Waals surface area contributed by atoms with Crippen LogP contribution in [-0.2, 0) is 0 Å². The minimum absolute atomic E-state index is 0.595. The highest BCUT2D eigenvalue weighted by atomic mass is 14.6. The molecule has 30 heavy (non-hydrogen) atoms. The summed E-state index contributed by atoms with van der Waals surface area (Å²) in [5.74, 6) is 8.20. The van der Waals surface area contributed by atoms with E-state index in [-0.39, 0.29) is 0 Å². The third-order valence-corrected chi connectivity index (χ3v) is 10.9. The fraction of sp³-hybridized carbons (Fsp3) is 1.00. The van der Waals surface area contributed by atoms with Crippen LogP contribution in [0.15, 0.2) is 0 Å². The molecule has 0 radical (unpaired) electrons. The molecule has 0 N–H and O–H groups in total. The first kappa shape index (κ1) is 24.6. The van der Waals surface area contributed by atoms with Crippen molar-refractivity contribution in [2.24, 2.45) is 52.8 Å². The smallest absolute Gasteiger partial charge is 0.0295 e. The summed E-state index contributed by atoms with van der Waals surface area (Å²) in [6, 6.07) is 0. The van der Waals surface area contributed by atoms with Crippen LogP contribution in [0, 0.1) is 52.8 Å². The van der Waals surface area contributed by atoms with Gasteiger partial charge in [0, 0.05) is 0 Å². The van der Waals surface area contributed by atoms with Gasteiger partial charge in [0.15, 0.2) is 0 Å². The van der Waals surface area contributed by atoms with E-state index in [0.29, 0.717) is 5.41 Å². The van der Waals surface area contributed by atoms with Crippen molar-refractivity contribution in [3.8, 4) is 0 Å². The molecule has 0 bridgehead atoms. The van der Waals surface area contributed by atoms with Crippen LogP contribution in [0.2, 0.25) is 0 Å². The summed E-state index contributed by atoms with van der Waals surface area (Å²) >= 11 is 0.